The van der Waals surface area contributed by atoms with Crippen molar-refractivity contribution >= 4 is 23.4 Å². The number of nitrogens with one attached hydrogen (secondary N) is 1. The molecule has 19 heavy (non-hydrogen) atoms. The number of hydrogen-bond acceptors (Lipinski definition) is 2. The third kappa shape index (κ3) is 2.44. The van der Waals surface area contributed by atoms with Gasteiger partial charge in [0.2, 0.25) is 0 Å². The molecule has 0 atom stereocenters. The predicted molar refractivity (Wildman–Crippen MR) is 79.8 cm³/mol. The van der Waals surface area contributed by atoms with Crippen LogP contribution < -0.4 is 0 Å². The number of nitrogens with zero attached hydrogens (tertiary/aromatic N) is 2. The van der Waals surface area contributed by atoms with Crippen LogP contribution in [-0.4, -0.2) is 14.5 Å². The van der Waals surface area contributed by atoms with E-state index in [0.717, 1.165) is 34.6 Å². The quantitative estimate of drug-likeness (QED) is 0.736. The van der Waals surface area contributed by atoms with Crippen LogP contribution in [0.25, 0.3) is 11.2 Å². The molecule has 0 fully saturated rings. The van der Waals surface area contributed by atoms with Gasteiger partial charge >= 0.3 is 0 Å². The summed E-state index contributed by atoms with van der Waals surface area (Å²) in [6, 6.07) is 14.5. The molecule has 2 heterocycles. The smallest absolute Gasteiger partial charge is 0.179 e. The Kier molecular flexibility index (Phi) is 3.17. The normalized spacial score (nSPS) is 11.0. The standard InChI is InChI=1S/C15H15N3S/c1-11-7-8-13-14(16-11)18(15(19)17-13)10-9-12-5-3-2-4-6-12/h2-8H,9-10H2,1H3,(H,17,19). The second kappa shape index (κ2) is 4.97. The Labute approximate surface area is 116 Å². The summed E-state index contributed by atoms with van der Waals surface area (Å²) in [6.45, 7) is 2.84. The molecule has 3 aromatic rings. The monoisotopic (exact) mass is 269 g/mol. The molecule has 0 spiro atoms. The van der Waals surface area contributed by atoms with Gasteiger partial charge in [-0.15, -0.1) is 0 Å². The minimum Gasteiger partial charge on any atom is -0.329 e. The highest BCUT2D eigenvalue weighted by Gasteiger charge is 2.05. The summed E-state index contributed by atoms with van der Waals surface area (Å²) in [5.74, 6) is 0. The lowest BCUT2D eigenvalue weighted by molar-refractivity contribution is 0.700. The number of rotatable bonds is 3. The molecular formula is C15H15N3S. The maximum absolute atomic E-state index is 5.38. The third-order valence-corrected chi connectivity index (χ3v) is 3.55. The zero-order chi connectivity index (χ0) is 13.2. The van der Waals surface area contributed by atoms with Crippen LogP contribution in [0.15, 0.2) is 42.5 Å². The van der Waals surface area contributed by atoms with Gasteiger partial charge in [0.1, 0.15) is 0 Å². The molecule has 0 aliphatic heterocycles. The second-order valence-corrected chi connectivity index (χ2v) is 5.03. The molecule has 0 aliphatic carbocycles. The summed E-state index contributed by atoms with van der Waals surface area (Å²) in [5, 5.41) is 0. The van der Waals surface area contributed by atoms with Gasteiger partial charge in [-0.05, 0) is 43.3 Å². The van der Waals surface area contributed by atoms with E-state index in [0.29, 0.717) is 0 Å². The minimum atomic E-state index is 0.740. The Morgan fingerprint density at radius 1 is 1.16 bits per heavy atom. The van der Waals surface area contributed by atoms with Gasteiger partial charge in [-0.25, -0.2) is 4.98 Å². The van der Waals surface area contributed by atoms with Crippen LogP contribution in [0.4, 0.5) is 0 Å². The van der Waals surface area contributed by atoms with Crippen molar-refractivity contribution in [3.05, 3.63) is 58.5 Å². The SMILES string of the molecule is Cc1ccc2[nH]c(=S)n(CCc3ccccc3)c2n1. The zero-order valence-corrected chi connectivity index (χ0v) is 11.6. The minimum absolute atomic E-state index is 0.740. The van der Waals surface area contributed by atoms with Gasteiger partial charge in [0.05, 0.1) is 5.52 Å². The lowest BCUT2D eigenvalue weighted by Crippen LogP contribution is -2.02. The summed E-state index contributed by atoms with van der Waals surface area (Å²) in [5.41, 5.74) is 4.27. The van der Waals surface area contributed by atoms with E-state index < -0.39 is 0 Å². The van der Waals surface area contributed by atoms with Gasteiger partial charge in [-0.2, -0.15) is 0 Å². The molecule has 0 aliphatic rings. The Morgan fingerprint density at radius 3 is 2.74 bits per heavy atom. The molecule has 0 bridgehead atoms. The number of aromatic nitrogens is 3. The topological polar surface area (TPSA) is 33.6 Å². The van der Waals surface area contributed by atoms with Crippen LogP contribution >= 0.6 is 12.2 Å². The number of aryl methyl sites for hydroxylation is 3. The second-order valence-electron chi connectivity index (χ2n) is 4.64. The third-order valence-electron chi connectivity index (χ3n) is 3.22. The average molecular weight is 269 g/mol. The van der Waals surface area contributed by atoms with E-state index in [-0.39, 0.29) is 0 Å². The fourth-order valence-electron chi connectivity index (χ4n) is 2.22. The number of fused-ring (bicyclic) bond motifs is 1. The van der Waals surface area contributed by atoms with Crippen molar-refractivity contribution < 1.29 is 0 Å². The molecule has 4 heteroatoms. The van der Waals surface area contributed by atoms with Gasteiger partial charge in [-0.3, -0.25) is 0 Å². The largest absolute Gasteiger partial charge is 0.329 e. The van der Waals surface area contributed by atoms with Gasteiger partial charge in [0, 0.05) is 12.2 Å². The molecular weight excluding hydrogens is 254 g/mol. The molecule has 0 unspecified atom stereocenters. The van der Waals surface area contributed by atoms with Crippen LogP contribution in [0.2, 0.25) is 0 Å². The van der Waals surface area contributed by atoms with Gasteiger partial charge in [0.15, 0.2) is 10.4 Å². The summed E-state index contributed by atoms with van der Waals surface area (Å²) >= 11 is 5.38. The van der Waals surface area contributed by atoms with Gasteiger partial charge in [0.25, 0.3) is 0 Å². The van der Waals surface area contributed by atoms with E-state index in [4.69, 9.17) is 12.2 Å². The molecule has 0 saturated heterocycles. The summed E-state index contributed by atoms with van der Waals surface area (Å²) in [4.78, 5) is 7.78. The lowest BCUT2D eigenvalue weighted by Gasteiger charge is -2.04. The van der Waals surface area contributed by atoms with Crippen molar-refractivity contribution in [2.24, 2.45) is 0 Å². The van der Waals surface area contributed by atoms with E-state index >= 15 is 0 Å². The molecule has 1 N–H and O–H groups in total. The fraction of sp³-hybridized carbons (Fsp3) is 0.200. The zero-order valence-electron chi connectivity index (χ0n) is 10.8. The highest BCUT2D eigenvalue weighted by Crippen LogP contribution is 2.13. The Balaban J connectivity index is 1.94. The number of imidazole rings is 1. The predicted octanol–water partition coefficient (Wildman–Crippen LogP) is 3.65. The molecule has 3 rings (SSSR count). The Morgan fingerprint density at radius 2 is 1.95 bits per heavy atom. The molecule has 0 amide bonds. The van der Waals surface area contributed by atoms with Crippen molar-refractivity contribution in [2.75, 3.05) is 0 Å². The van der Waals surface area contributed by atoms with Crippen LogP contribution in [0.5, 0.6) is 0 Å². The maximum Gasteiger partial charge on any atom is 0.179 e. The maximum atomic E-state index is 5.38. The highest BCUT2D eigenvalue weighted by molar-refractivity contribution is 7.71. The molecule has 2 aromatic heterocycles. The summed E-state index contributed by atoms with van der Waals surface area (Å²) < 4.78 is 2.81. The molecule has 0 radical (unpaired) electrons. The average Bonchev–Trinajstić information content (AvgIpc) is 2.73. The van der Waals surface area contributed by atoms with Crippen LogP contribution in [0.3, 0.4) is 0 Å². The van der Waals surface area contributed by atoms with Crippen LogP contribution in [-0.2, 0) is 13.0 Å². The molecule has 96 valence electrons. The Bertz CT molecular complexity index is 756. The van der Waals surface area contributed by atoms with Crippen molar-refractivity contribution in [3.63, 3.8) is 0 Å². The van der Waals surface area contributed by atoms with Crippen molar-refractivity contribution in [1.29, 1.82) is 0 Å². The first-order valence-corrected chi connectivity index (χ1v) is 6.75. The molecule has 1 aromatic carbocycles. The first-order chi connectivity index (χ1) is 9.24. The van der Waals surface area contributed by atoms with Gasteiger partial charge in [-0.1, -0.05) is 30.3 Å². The van der Waals surface area contributed by atoms with Gasteiger partial charge < -0.3 is 9.55 Å². The van der Waals surface area contributed by atoms with Crippen LogP contribution in [0, 0.1) is 11.7 Å². The van der Waals surface area contributed by atoms with Crippen molar-refractivity contribution in [3.8, 4) is 0 Å². The lowest BCUT2D eigenvalue weighted by atomic mass is 10.1. The summed E-state index contributed by atoms with van der Waals surface area (Å²) in [7, 11) is 0. The highest BCUT2D eigenvalue weighted by atomic mass is 32.1. The number of hydrogen-bond donors (Lipinski definition) is 1. The van der Waals surface area contributed by atoms with E-state index in [1.807, 2.05) is 25.1 Å². The number of pyridine rings is 1. The molecule has 0 saturated carbocycles. The first-order valence-electron chi connectivity index (χ1n) is 6.34. The van der Waals surface area contributed by atoms with E-state index in [2.05, 4.69) is 38.8 Å². The fourth-order valence-corrected chi connectivity index (χ4v) is 2.51. The number of H-pyrrole nitrogens is 1. The number of benzene rings is 1. The molecule has 3 nitrogen and oxygen atoms in total. The Hall–Kier alpha value is -1.94. The van der Waals surface area contributed by atoms with Crippen LogP contribution in [0.1, 0.15) is 11.3 Å². The van der Waals surface area contributed by atoms with E-state index in [1.54, 1.807) is 0 Å². The first kappa shape index (κ1) is 12.1. The van der Waals surface area contributed by atoms with Crippen molar-refractivity contribution in [2.45, 2.75) is 19.9 Å². The number of aromatic amines is 1. The van der Waals surface area contributed by atoms with E-state index in [1.165, 1.54) is 5.56 Å². The summed E-state index contributed by atoms with van der Waals surface area (Å²) in [6.07, 6.45) is 0.956. The van der Waals surface area contributed by atoms with Crippen molar-refractivity contribution in [1.82, 2.24) is 14.5 Å². The van der Waals surface area contributed by atoms with E-state index in [9.17, 15) is 0 Å².